The molecule has 11 heavy (non-hydrogen) atoms. The molecule has 4 heteroatoms. The lowest BCUT2D eigenvalue weighted by molar-refractivity contribution is -0.126. The highest BCUT2D eigenvalue weighted by Gasteiger charge is 2.39. The van der Waals surface area contributed by atoms with Crippen LogP contribution in [0.1, 0.15) is 6.42 Å². The minimum Gasteiger partial charge on any atom is -0.316 e. The first-order chi connectivity index (χ1) is 5.27. The van der Waals surface area contributed by atoms with Crippen LogP contribution in [0, 0.1) is 11.8 Å². The van der Waals surface area contributed by atoms with Gasteiger partial charge in [0.2, 0.25) is 11.8 Å². The highest BCUT2D eigenvalue weighted by atomic mass is 16.2. The van der Waals surface area contributed by atoms with Crippen LogP contribution in [0.25, 0.3) is 0 Å². The summed E-state index contributed by atoms with van der Waals surface area (Å²) in [5.41, 5.74) is 0. The van der Waals surface area contributed by atoms with E-state index in [1.165, 1.54) is 0 Å². The van der Waals surface area contributed by atoms with Gasteiger partial charge < -0.3 is 5.32 Å². The molecule has 0 bridgehead atoms. The molecule has 2 rings (SSSR count). The molecule has 4 nitrogen and oxygen atoms in total. The topological polar surface area (TPSA) is 58.2 Å². The Balaban J connectivity index is 2.02. The molecule has 2 N–H and O–H groups in total. The lowest BCUT2D eigenvalue weighted by Crippen LogP contribution is -2.47. The zero-order valence-corrected chi connectivity index (χ0v) is 6.09. The molecule has 2 amide bonds. The summed E-state index contributed by atoms with van der Waals surface area (Å²) in [6, 6.07) is 0. The van der Waals surface area contributed by atoms with Gasteiger partial charge in [-0.1, -0.05) is 0 Å². The maximum absolute atomic E-state index is 11.1. The lowest BCUT2D eigenvalue weighted by atomic mass is 9.86. The number of carbonyl (C=O) groups excluding carboxylic acids is 2. The Morgan fingerprint density at radius 3 is 2.36 bits per heavy atom. The van der Waals surface area contributed by atoms with Gasteiger partial charge >= 0.3 is 0 Å². The Labute approximate surface area is 64.3 Å². The molecule has 0 aromatic rings. The first-order valence-electron chi connectivity index (χ1n) is 3.82. The molecule has 0 saturated carbocycles. The number of hydrogen-bond donors (Lipinski definition) is 2. The van der Waals surface area contributed by atoms with Crippen molar-refractivity contribution in [3.8, 4) is 0 Å². The monoisotopic (exact) mass is 154 g/mol. The molecule has 60 valence electrons. The summed E-state index contributed by atoms with van der Waals surface area (Å²) in [5.74, 6) is 0.138. The largest absolute Gasteiger partial charge is 0.316 e. The maximum atomic E-state index is 11.1. The maximum Gasteiger partial charge on any atom is 0.230 e. The van der Waals surface area contributed by atoms with Gasteiger partial charge in [-0.15, -0.1) is 0 Å². The minimum atomic E-state index is -0.119. The summed E-state index contributed by atoms with van der Waals surface area (Å²) in [6.07, 6.45) is 0.394. The lowest BCUT2D eigenvalue weighted by Gasteiger charge is -2.30. The van der Waals surface area contributed by atoms with Crippen molar-refractivity contribution < 1.29 is 9.59 Å². The van der Waals surface area contributed by atoms with Crippen LogP contribution < -0.4 is 10.6 Å². The summed E-state index contributed by atoms with van der Waals surface area (Å²) < 4.78 is 0. The predicted molar refractivity (Wildman–Crippen MR) is 37.6 cm³/mol. The van der Waals surface area contributed by atoms with Crippen LogP contribution in [0.2, 0.25) is 0 Å². The average Bonchev–Trinajstić information content (AvgIpc) is 2.07. The van der Waals surface area contributed by atoms with E-state index in [0.717, 1.165) is 13.1 Å². The van der Waals surface area contributed by atoms with E-state index < -0.39 is 0 Å². The van der Waals surface area contributed by atoms with Crippen LogP contribution in [0.5, 0.6) is 0 Å². The second-order valence-corrected chi connectivity index (χ2v) is 3.14. The number of rotatable bonds is 1. The molecule has 0 spiro atoms. The van der Waals surface area contributed by atoms with Crippen molar-refractivity contribution in [3.05, 3.63) is 0 Å². The molecule has 2 aliphatic heterocycles. The molecule has 0 aromatic heterocycles. The molecule has 2 saturated heterocycles. The number of hydrogen-bond acceptors (Lipinski definition) is 3. The van der Waals surface area contributed by atoms with Crippen molar-refractivity contribution in [1.29, 1.82) is 0 Å². The summed E-state index contributed by atoms with van der Waals surface area (Å²) in [7, 11) is 0. The van der Waals surface area contributed by atoms with Crippen molar-refractivity contribution in [3.63, 3.8) is 0 Å². The standard InChI is InChI=1S/C7H10N2O2/c10-6-1-5(7(11)9-6)4-2-8-3-4/h4-5,8H,1-3H2,(H,9,10,11). The molecule has 0 aromatic carbocycles. The van der Waals surface area contributed by atoms with Gasteiger partial charge in [-0.25, -0.2) is 0 Å². The van der Waals surface area contributed by atoms with Crippen LogP contribution in [-0.4, -0.2) is 24.9 Å². The third kappa shape index (κ3) is 1.03. The first kappa shape index (κ1) is 6.79. The van der Waals surface area contributed by atoms with Gasteiger partial charge in [-0.3, -0.25) is 14.9 Å². The van der Waals surface area contributed by atoms with Gasteiger partial charge in [0.15, 0.2) is 0 Å². The predicted octanol–water partition coefficient (Wildman–Crippen LogP) is -1.13. The van der Waals surface area contributed by atoms with Crippen LogP contribution in [0.4, 0.5) is 0 Å². The molecular weight excluding hydrogens is 144 g/mol. The molecule has 0 aliphatic carbocycles. The minimum absolute atomic E-state index is 0.0521. The van der Waals surface area contributed by atoms with Crippen LogP contribution in [0.15, 0.2) is 0 Å². The zero-order valence-electron chi connectivity index (χ0n) is 6.09. The molecule has 2 fully saturated rings. The first-order valence-corrected chi connectivity index (χ1v) is 3.82. The molecule has 2 aliphatic rings. The zero-order chi connectivity index (χ0) is 7.84. The van der Waals surface area contributed by atoms with Gasteiger partial charge in [-0.05, 0) is 19.0 Å². The van der Waals surface area contributed by atoms with Crippen molar-refractivity contribution in [2.24, 2.45) is 11.8 Å². The van der Waals surface area contributed by atoms with Crippen molar-refractivity contribution in [2.75, 3.05) is 13.1 Å². The Morgan fingerprint density at radius 1 is 1.27 bits per heavy atom. The second-order valence-electron chi connectivity index (χ2n) is 3.14. The van der Waals surface area contributed by atoms with Gasteiger partial charge in [0.05, 0.1) is 5.92 Å². The molecule has 2 heterocycles. The van der Waals surface area contributed by atoms with E-state index in [1.807, 2.05) is 0 Å². The van der Waals surface area contributed by atoms with Crippen LogP contribution >= 0.6 is 0 Å². The van der Waals surface area contributed by atoms with Gasteiger partial charge in [0.1, 0.15) is 0 Å². The van der Waals surface area contributed by atoms with Crippen LogP contribution in [-0.2, 0) is 9.59 Å². The Morgan fingerprint density at radius 2 is 2.00 bits per heavy atom. The molecule has 1 unspecified atom stereocenters. The van der Waals surface area contributed by atoms with Crippen molar-refractivity contribution in [2.45, 2.75) is 6.42 Å². The third-order valence-corrected chi connectivity index (χ3v) is 2.39. The van der Waals surface area contributed by atoms with Crippen molar-refractivity contribution >= 4 is 11.8 Å². The van der Waals surface area contributed by atoms with Gasteiger partial charge in [0, 0.05) is 6.42 Å². The van der Waals surface area contributed by atoms with E-state index >= 15 is 0 Å². The Kier molecular flexibility index (Phi) is 1.42. The van der Waals surface area contributed by atoms with Crippen molar-refractivity contribution in [1.82, 2.24) is 10.6 Å². The third-order valence-electron chi connectivity index (χ3n) is 2.39. The fourth-order valence-electron chi connectivity index (χ4n) is 1.55. The fourth-order valence-corrected chi connectivity index (χ4v) is 1.55. The molecule has 1 atom stereocenters. The summed E-state index contributed by atoms with van der Waals surface area (Å²) in [5, 5.41) is 5.39. The van der Waals surface area contributed by atoms with E-state index in [4.69, 9.17) is 0 Å². The number of imide groups is 1. The quantitative estimate of drug-likeness (QED) is 0.470. The highest BCUT2D eigenvalue weighted by molar-refractivity contribution is 6.03. The molecule has 0 radical (unpaired) electrons. The smallest absolute Gasteiger partial charge is 0.230 e. The Bertz CT molecular complexity index is 210. The summed E-state index contributed by atoms with van der Waals surface area (Å²) >= 11 is 0. The van der Waals surface area contributed by atoms with E-state index in [1.54, 1.807) is 0 Å². The van der Waals surface area contributed by atoms with Gasteiger partial charge in [-0.2, -0.15) is 0 Å². The summed E-state index contributed by atoms with van der Waals surface area (Å²) in [4.78, 5) is 21.8. The van der Waals surface area contributed by atoms with Gasteiger partial charge in [0.25, 0.3) is 0 Å². The average molecular weight is 154 g/mol. The Hall–Kier alpha value is -0.900. The number of carbonyl (C=O) groups is 2. The number of amides is 2. The second kappa shape index (κ2) is 2.30. The summed E-state index contributed by atoms with van der Waals surface area (Å²) in [6.45, 7) is 1.76. The number of nitrogens with one attached hydrogen (secondary N) is 2. The van der Waals surface area contributed by atoms with Crippen LogP contribution in [0.3, 0.4) is 0 Å². The highest BCUT2D eigenvalue weighted by Crippen LogP contribution is 2.23. The fraction of sp³-hybridized carbons (Fsp3) is 0.714. The molecular formula is C7H10N2O2. The normalized spacial score (nSPS) is 31.8. The SMILES string of the molecule is O=C1CC(C2CNC2)C(=O)N1. The van der Waals surface area contributed by atoms with E-state index in [0.29, 0.717) is 12.3 Å². The van der Waals surface area contributed by atoms with E-state index in [2.05, 4.69) is 10.6 Å². The van der Waals surface area contributed by atoms with E-state index in [9.17, 15) is 9.59 Å². The van der Waals surface area contributed by atoms with E-state index in [-0.39, 0.29) is 17.7 Å².